The van der Waals surface area contributed by atoms with Gasteiger partial charge in [0, 0.05) is 18.5 Å². The number of halogens is 1. The highest BCUT2D eigenvalue weighted by atomic mass is 19.1. The number of esters is 1. The van der Waals surface area contributed by atoms with Crippen molar-refractivity contribution in [2.75, 3.05) is 12.4 Å². The van der Waals surface area contributed by atoms with E-state index in [-0.39, 0.29) is 23.7 Å². The molecule has 0 spiro atoms. The molecule has 0 radical (unpaired) electrons. The number of hydrogen-bond donors (Lipinski definition) is 1. The number of allylic oxidation sites excluding steroid dienone is 2. The minimum atomic E-state index is -0.386. The minimum Gasteiger partial charge on any atom is -0.493 e. The highest BCUT2D eigenvalue weighted by molar-refractivity contribution is 5.70. The summed E-state index contributed by atoms with van der Waals surface area (Å²) >= 11 is 0. The van der Waals surface area contributed by atoms with Crippen molar-refractivity contribution in [2.45, 2.75) is 25.3 Å². The number of nitrogens with one attached hydrogen (secondary N) is 1. The molecule has 2 aliphatic rings. The molecule has 1 heterocycles. The van der Waals surface area contributed by atoms with Crippen LogP contribution in [0.1, 0.15) is 36.4 Å². The largest absolute Gasteiger partial charge is 0.493 e. The molecule has 4 nitrogen and oxygen atoms in total. The summed E-state index contributed by atoms with van der Waals surface area (Å²) < 4.78 is 24.3. The second-order valence-corrected chi connectivity index (χ2v) is 6.71. The summed E-state index contributed by atoms with van der Waals surface area (Å²) in [5, 5.41) is 3.55. The number of methoxy groups -OCH3 is 1. The maximum absolute atomic E-state index is 13.7. The van der Waals surface area contributed by atoms with Crippen LogP contribution in [0.15, 0.2) is 48.6 Å². The molecule has 0 bridgehead atoms. The van der Waals surface area contributed by atoms with Crippen LogP contribution in [0.4, 0.5) is 10.1 Å². The first-order chi connectivity index (χ1) is 12.6. The van der Waals surface area contributed by atoms with Crippen molar-refractivity contribution in [1.82, 2.24) is 0 Å². The quantitative estimate of drug-likeness (QED) is 0.498. The fourth-order valence-corrected chi connectivity index (χ4v) is 4.01. The smallest absolute Gasteiger partial charge is 0.308 e. The number of anilines is 1. The molecule has 2 aromatic carbocycles. The third-order valence-electron chi connectivity index (χ3n) is 5.13. The second kappa shape index (κ2) is 6.48. The summed E-state index contributed by atoms with van der Waals surface area (Å²) in [6.07, 6.45) is 5.25. The Hall–Kier alpha value is -2.82. The maximum Gasteiger partial charge on any atom is 0.308 e. The summed E-state index contributed by atoms with van der Waals surface area (Å²) in [6.45, 7) is 1.36. The summed E-state index contributed by atoms with van der Waals surface area (Å²) in [4.78, 5) is 11.3. The molecule has 0 saturated carbocycles. The van der Waals surface area contributed by atoms with Gasteiger partial charge >= 0.3 is 5.97 Å². The van der Waals surface area contributed by atoms with Crippen molar-refractivity contribution in [3.63, 3.8) is 0 Å². The summed E-state index contributed by atoms with van der Waals surface area (Å²) in [6, 6.07) is 10.6. The maximum atomic E-state index is 13.7. The lowest BCUT2D eigenvalue weighted by Crippen LogP contribution is -2.29. The topological polar surface area (TPSA) is 47.6 Å². The Labute approximate surface area is 151 Å². The molecule has 26 heavy (non-hydrogen) atoms. The fraction of sp³-hybridized carbons (Fsp3) is 0.286. The van der Waals surface area contributed by atoms with Crippen molar-refractivity contribution in [3.8, 4) is 11.5 Å². The number of fused-ring (bicyclic) bond motifs is 3. The van der Waals surface area contributed by atoms with Crippen LogP contribution in [0.2, 0.25) is 0 Å². The minimum absolute atomic E-state index is 0.0632. The predicted molar refractivity (Wildman–Crippen MR) is 97.1 cm³/mol. The van der Waals surface area contributed by atoms with Crippen LogP contribution in [-0.4, -0.2) is 13.1 Å². The van der Waals surface area contributed by atoms with Crippen LogP contribution in [0.3, 0.4) is 0 Å². The van der Waals surface area contributed by atoms with Gasteiger partial charge in [0.2, 0.25) is 0 Å². The number of carbonyl (C=O) groups is 1. The first-order valence-electron chi connectivity index (χ1n) is 8.66. The molecule has 1 aliphatic heterocycles. The number of benzene rings is 2. The van der Waals surface area contributed by atoms with Gasteiger partial charge in [0.1, 0.15) is 5.82 Å². The van der Waals surface area contributed by atoms with E-state index in [1.54, 1.807) is 25.3 Å². The van der Waals surface area contributed by atoms with Crippen LogP contribution < -0.4 is 14.8 Å². The molecule has 2 aromatic rings. The molecule has 4 rings (SSSR count). The van der Waals surface area contributed by atoms with Gasteiger partial charge in [-0.3, -0.25) is 4.79 Å². The van der Waals surface area contributed by atoms with E-state index in [9.17, 15) is 9.18 Å². The van der Waals surface area contributed by atoms with Gasteiger partial charge in [-0.15, -0.1) is 0 Å². The van der Waals surface area contributed by atoms with Crippen molar-refractivity contribution in [2.24, 2.45) is 5.92 Å². The van der Waals surface area contributed by atoms with Gasteiger partial charge in [0.25, 0.3) is 0 Å². The molecule has 134 valence electrons. The Morgan fingerprint density at radius 2 is 2.04 bits per heavy atom. The first kappa shape index (κ1) is 16.6. The van der Waals surface area contributed by atoms with Crippen molar-refractivity contribution in [1.29, 1.82) is 0 Å². The van der Waals surface area contributed by atoms with E-state index in [4.69, 9.17) is 9.47 Å². The van der Waals surface area contributed by atoms with Crippen LogP contribution in [0.5, 0.6) is 11.5 Å². The second-order valence-electron chi connectivity index (χ2n) is 6.71. The lowest BCUT2D eigenvalue weighted by molar-refractivity contribution is -0.132. The number of hydrogen-bond acceptors (Lipinski definition) is 4. The van der Waals surface area contributed by atoms with Crippen LogP contribution in [0.25, 0.3) is 0 Å². The molecule has 0 fully saturated rings. The molecule has 0 amide bonds. The van der Waals surface area contributed by atoms with Crippen LogP contribution in [-0.2, 0) is 4.79 Å². The molecule has 3 atom stereocenters. The van der Waals surface area contributed by atoms with E-state index in [1.807, 2.05) is 12.1 Å². The van der Waals surface area contributed by atoms with Gasteiger partial charge in [-0.05, 0) is 53.8 Å². The Morgan fingerprint density at radius 3 is 2.81 bits per heavy atom. The molecule has 0 aromatic heterocycles. The fourth-order valence-electron chi connectivity index (χ4n) is 4.01. The Bertz CT molecular complexity index is 893. The van der Waals surface area contributed by atoms with E-state index in [1.165, 1.54) is 13.0 Å². The summed E-state index contributed by atoms with van der Waals surface area (Å²) in [7, 11) is 1.55. The van der Waals surface area contributed by atoms with Crippen molar-refractivity contribution < 1.29 is 18.7 Å². The molecule has 3 unspecified atom stereocenters. The highest BCUT2D eigenvalue weighted by Gasteiger charge is 2.38. The first-order valence-corrected chi connectivity index (χ1v) is 8.66. The average molecular weight is 353 g/mol. The zero-order chi connectivity index (χ0) is 18.3. The summed E-state index contributed by atoms with van der Waals surface area (Å²) in [5.74, 6) is 0.813. The Morgan fingerprint density at radius 1 is 1.19 bits per heavy atom. The van der Waals surface area contributed by atoms with Crippen LogP contribution in [0, 0.1) is 11.7 Å². The lowest BCUT2D eigenvalue weighted by atomic mass is 9.77. The van der Waals surface area contributed by atoms with Gasteiger partial charge in [0.05, 0.1) is 13.2 Å². The van der Waals surface area contributed by atoms with E-state index in [2.05, 4.69) is 17.5 Å². The highest BCUT2D eigenvalue weighted by Crippen LogP contribution is 2.50. The standard InChI is InChI=1S/C21H20FNO3/c1-12(24)26-19-9-6-13(10-20(19)25-2)21-16-5-3-4-15(16)17-11-14(22)7-8-18(17)23-21/h3-4,6-11,15-16,21,23H,5H2,1-2H3. The monoisotopic (exact) mass is 353 g/mol. The predicted octanol–water partition coefficient (Wildman–Crippen LogP) is 4.59. The summed E-state index contributed by atoms with van der Waals surface area (Å²) in [5.41, 5.74) is 3.00. The van der Waals surface area contributed by atoms with Crippen LogP contribution >= 0.6 is 0 Å². The molecule has 0 saturated heterocycles. The third kappa shape index (κ3) is 2.83. The zero-order valence-corrected chi connectivity index (χ0v) is 14.7. The molecular weight excluding hydrogens is 333 g/mol. The lowest BCUT2D eigenvalue weighted by Gasteiger charge is -2.37. The zero-order valence-electron chi connectivity index (χ0n) is 14.7. The molecular formula is C21H20FNO3. The Balaban J connectivity index is 1.72. The van der Waals surface area contributed by atoms with Gasteiger partial charge < -0.3 is 14.8 Å². The number of carbonyl (C=O) groups excluding carboxylic acids is 1. The van der Waals surface area contributed by atoms with E-state index >= 15 is 0 Å². The van der Waals surface area contributed by atoms with E-state index in [0.29, 0.717) is 17.4 Å². The molecule has 5 heteroatoms. The SMILES string of the molecule is COc1cc(C2Nc3ccc(F)cc3C3C=CCC32)ccc1OC(C)=O. The normalized spacial score (nSPS) is 23.0. The van der Waals surface area contributed by atoms with Gasteiger partial charge in [-0.2, -0.15) is 0 Å². The Kier molecular flexibility index (Phi) is 4.15. The van der Waals surface area contributed by atoms with Crippen molar-refractivity contribution >= 4 is 11.7 Å². The number of ether oxygens (including phenoxy) is 2. The van der Waals surface area contributed by atoms with E-state index in [0.717, 1.165) is 23.2 Å². The number of rotatable bonds is 3. The van der Waals surface area contributed by atoms with Gasteiger partial charge in [-0.1, -0.05) is 18.2 Å². The average Bonchev–Trinajstić information content (AvgIpc) is 3.11. The van der Waals surface area contributed by atoms with E-state index < -0.39 is 0 Å². The van der Waals surface area contributed by atoms with Gasteiger partial charge in [0.15, 0.2) is 11.5 Å². The van der Waals surface area contributed by atoms with Gasteiger partial charge in [-0.25, -0.2) is 4.39 Å². The molecule has 1 aliphatic carbocycles. The third-order valence-corrected chi connectivity index (χ3v) is 5.13. The molecule has 1 N–H and O–H groups in total. The van der Waals surface area contributed by atoms with Crippen molar-refractivity contribution in [3.05, 3.63) is 65.5 Å².